The summed E-state index contributed by atoms with van der Waals surface area (Å²) in [5, 5.41) is 0. The van der Waals surface area contributed by atoms with Crippen molar-refractivity contribution in [1.82, 2.24) is 0 Å². The Kier molecular flexibility index (Phi) is 3.42. The number of aryl methyl sites for hydroxylation is 3. The summed E-state index contributed by atoms with van der Waals surface area (Å²) in [6.45, 7) is 6.68. The molecule has 2 aromatic rings. The van der Waals surface area contributed by atoms with Crippen LogP contribution in [-0.4, -0.2) is 0 Å². The van der Waals surface area contributed by atoms with Crippen molar-refractivity contribution in [2.45, 2.75) is 52.8 Å². The molecule has 0 aliphatic rings. The Balaban J connectivity index is 2.57. The Bertz CT molecular complexity index is 728. The fraction of sp³-hybridized carbons (Fsp3) is 0.450. The molecule has 0 fully saturated rings. The van der Waals surface area contributed by atoms with Gasteiger partial charge in [-0.2, -0.15) is 0 Å². The minimum atomic E-state index is -2.06. The maximum Gasteiger partial charge on any atom is 0.212 e. The molecule has 0 amide bonds. The summed E-state index contributed by atoms with van der Waals surface area (Å²) >= 11 is 0. The van der Waals surface area contributed by atoms with Gasteiger partial charge in [-0.3, -0.25) is 0 Å². The zero-order valence-electron chi connectivity index (χ0n) is 16.8. The van der Waals surface area contributed by atoms with Gasteiger partial charge in [0, 0.05) is 21.8 Å². The predicted molar refractivity (Wildman–Crippen MR) is 90.5 cm³/mol. The summed E-state index contributed by atoms with van der Waals surface area (Å²) < 4.78 is 24.8. The van der Waals surface area contributed by atoms with Crippen LogP contribution in [0.3, 0.4) is 0 Å². The van der Waals surface area contributed by atoms with Gasteiger partial charge in [0.15, 0.2) is 6.20 Å². The molecule has 0 saturated heterocycles. The highest BCUT2D eigenvalue weighted by atomic mass is 14.9. The van der Waals surface area contributed by atoms with E-state index in [2.05, 4.69) is 43.7 Å². The second-order valence-corrected chi connectivity index (χ2v) is 6.21. The Morgan fingerprint density at radius 3 is 2.43 bits per heavy atom. The van der Waals surface area contributed by atoms with Crippen LogP contribution in [0.15, 0.2) is 36.5 Å². The number of nitrogens with zero attached hydrogens (tertiary/aromatic N) is 1. The molecule has 21 heavy (non-hydrogen) atoms. The van der Waals surface area contributed by atoms with Crippen LogP contribution in [0.1, 0.15) is 54.4 Å². The van der Waals surface area contributed by atoms with Crippen molar-refractivity contribution >= 4 is 0 Å². The molecule has 0 unspecified atom stereocenters. The van der Waals surface area contributed by atoms with E-state index in [1.807, 2.05) is 20.0 Å². The van der Waals surface area contributed by atoms with Crippen LogP contribution in [0.2, 0.25) is 0 Å². The minimum Gasteiger partial charge on any atom is -0.201 e. The molecule has 1 nitrogen and oxygen atoms in total. The third-order valence-electron chi connectivity index (χ3n) is 4.91. The third-order valence-corrected chi connectivity index (χ3v) is 4.91. The first-order valence-corrected chi connectivity index (χ1v) is 7.74. The van der Waals surface area contributed by atoms with Crippen molar-refractivity contribution in [3.63, 3.8) is 0 Å². The Hall–Kier alpha value is -1.63. The quantitative estimate of drug-likeness (QED) is 0.705. The van der Waals surface area contributed by atoms with Gasteiger partial charge in [0.2, 0.25) is 5.69 Å². The van der Waals surface area contributed by atoms with Gasteiger partial charge in [-0.05, 0) is 49.2 Å². The van der Waals surface area contributed by atoms with Crippen LogP contribution in [-0.2, 0) is 12.5 Å². The lowest BCUT2D eigenvalue weighted by Crippen LogP contribution is -2.32. The van der Waals surface area contributed by atoms with Crippen LogP contribution >= 0.6 is 0 Å². The van der Waals surface area contributed by atoms with Crippen LogP contribution in [0.5, 0.6) is 0 Å². The monoisotopic (exact) mass is 285 g/mol. The molecule has 0 aliphatic carbocycles. The standard InChI is InChI=1S/C20H28N/c1-7-20(5,8-2)17-11-12-21(6)19(14-17)18-10-9-15(3)13-16(18)4/h9-14H,7-8H2,1-6H3/q+1/i3D3. The van der Waals surface area contributed by atoms with Crippen molar-refractivity contribution in [2.24, 2.45) is 7.05 Å². The topological polar surface area (TPSA) is 3.88 Å². The minimum absolute atomic E-state index is 0.162. The highest BCUT2D eigenvalue weighted by Gasteiger charge is 2.25. The normalized spacial score (nSPS) is 14.4. The molecule has 0 saturated carbocycles. The van der Waals surface area contributed by atoms with Gasteiger partial charge in [-0.15, -0.1) is 0 Å². The number of hydrogen-bond acceptors (Lipinski definition) is 0. The average molecular weight is 285 g/mol. The van der Waals surface area contributed by atoms with E-state index in [-0.39, 0.29) is 5.41 Å². The number of hydrogen-bond donors (Lipinski definition) is 0. The SMILES string of the molecule is [2H]C([2H])([2H])c1ccc(-c2cc(C(C)(CC)CC)cc[n+]2C)c(C)c1. The zero-order chi connectivity index (χ0) is 18.1. The first kappa shape index (κ1) is 12.0. The van der Waals surface area contributed by atoms with E-state index in [0.717, 1.165) is 29.7 Å². The Morgan fingerprint density at radius 1 is 1.14 bits per heavy atom. The van der Waals surface area contributed by atoms with E-state index >= 15 is 0 Å². The van der Waals surface area contributed by atoms with E-state index in [4.69, 9.17) is 4.11 Å². The summed E-state index contributed by atoms with van der Waals surface area (Å²) in [5.74, 6) is 0. The summed E-state index contributed by atoms with van der Waals surface area (Å²) in [4.78, 5) is 0. The second kappa shape index (κ2) is 6.01. The fourth-order valence-electron chi connectivity index (χ4n) is 2.82. The number of aromatic nitrogens is 1. The summed E-state index contributed by atoms with van der Waals surface area (Å²) in [5.41, 5.74) is 5.09. The van der Waals surface area contributed by atoms with Crippen molar-refractivity contribution in [2.75, 3.05) is 0 Å². The van der Waals surface area contributed by atoms with Crippen molar-refractivity contribution in [1.29, 1.82) is 0 Å². The molecular formula is C20H28N+. The molecule has 2 rings (SSSR count). The average Bonchev–Trinajstić information content (AvgIpc) is 2.54. The molecule has 0 bridgehead atoms. The lowest BCUT2D eigenvalue weighted by atomic mass is 9.78. The molecule has 0 radical (unpaired) electrons. The van der Waals surface area contributed by atoms with Gasteiger partial charge >= 0.3 is 0 Å². The van der Waals surface area contributed by atoms with Crippen LogP contribution in [0.25, 0.3) is 11.3 Å². The molecule has 1 heteroatoms. The lowest BCUT2D eigenvalue weighted by molar-refractivity contribution is -0.660. The zero-order valence-corrected chi connectivity index (χ0v) is 13.8. The van der Waals surface area contributed by atoms with Crippen molar-refractivity contribution < 1.29 is 8.68 Å². The molecule has 0 spiro atoms. The van der Waals surface area contributed by atoms with Crippen LogP contribution < -0.4 is 4.57 Å². The first-order valence-electron chi connectivity index (χ1n) is 9.24. The van der Waals surface area contributed by atoms with Gasteiger partial charge in [0.05, 0.1) is 0 Å². The van der Waals surface area contributed by atoms with E-state index in [1.54, 1.807) is 12.1 Å². The molecule has 0 N–H and O–H groups in total. The van der Waals surface area contributed by atoms with Gasteiger partial charge in [-0.25, -0.2) is 4.57 Å². The summed E-state index contributed by atoms with van der Waals surface area (Å²) in [7, 11) is 2.03. The molecule has 0 aliphatic heterocycles. The first-order chi connectivity index (χ1) is 11.1. The maximum absolute atomic E-state index is 7.58. The second-order valence-electron chi connectivity index (χ2n) is 6.21. The maximum atomic E-state index is 7.58. The molecule has 0 atom stereocenters. The van der Waals surface area contributed by atoms with E-state index < -0.39 is 6.85 Å². The Labute approximate surface area is 133 Å². The van der Waals surface area contributed by atoms with E-state index in [1.165, 1.54) is 5.56 Å². The van der Waals surface area contributed by atoms with Crippen LogP contribution in [0, 0.1) is 13.8 Å². The molecule has 112 valence electrons. The van der Waals surface area contributed by atoms with Gasteiger partial charge in [-0.1, -0.05) is 38.5 Å². The Morgan fingerprint density at radius 2 is 1.86 bits per heavy atom. The van der Waals surface area contributed by atoms with Gasteiger partial charge in [0.25, 0.3) is 0 Å². The molecular weight excluding hydrogens is 254 g/mol. The summed E-state index contributed by atoms with van der Waals surface area (Å²) in [6.07, 6.45) is 4.28. The number of rotatable bonds is 4. The summed E-state index contributed by atoms with van der Waals surface area (Å²) in [6, 6.07) is 9.90. The van der Waals surface area contributed by atoms with Crippen LogP contribution in [0.4, 0.5) is 0 Å². The largest absolute Gasteiger partial charge is 0.212 e. The molecule has 1 aromatic heterocycles. The van der Waals surface area contributed by atoms with Crippen molar-refractivity contribution in [3.05, 3.63) is 53.2 Å². The smallest absolute Gasteiger partial charge is 0.201 e. The molecule has 1 heterocycles. The predicted octanol–water partition coefficient (Wildman–Crippen LogP) is 4.87. The lowest BCUT2D eigenvalue weighted by Gasteiger charge is -2.27. The van der Waals surface area contributed by atoms with E-state index in [9.17, 15) is 0 Å². The number of pyridine rings is 1. The molecule has 1 aromatic carbocycles. The fourth-order valence-corrected chi connectivity index (χ4v) is 2.82. The van der Waals surface area contributed by atoms with Crippen molar-refractivity contribution in [3.8, 4) is 11.3 Å². The highest BCUT2D eigenvalue weighted by molar-refractivity contribution is 5.62. The van der Waals surface area contributed by atoms with Gasteiger partial charge in [0.1, 0.15) is 7.05 Å². The number of benzene rings is 1. The third kappa shape index (κ3) is 3.02. The van der Waals surface area contributed by atoms with Gasteiger partial charge < -0.3 is 0 Å². The highest BCUT2D eigenvalue weighted by Crippen LogP contribution is 2.32. The van der Waals surface area contributed by atoms with E-state index in [0.29, 0.717) is 5.56 Å².